The fraction of sp³-hybridized carbons (Fsp3) is 0.231. The van der Waals surface area contributed by atoms with Gasteiger partial charge in [-0.05, 0) is 41.1 Å². The van der Waals surface area contributed by atoms with Crippen LogP contribution in [-0.4, -0.2) is 16.3 Å². The summed E-state index contributed by atoms with van der Waals surface area (Å²) >= 11 is 8.06. The van der Waals surface area contributed by atoms with Crippen molar-refractivity contribution in [3.05, 3.63) is 38.7 Å². The van der Waals surface area contributed by atoms with Gasteiger partial charge >= 0.3 is 6.36 Å². The highest BCUT2D eigenvalue weighted by atomic mass is 127. The number of hydrogen-bond donors (Lipinski definition) is 0. The predicted molar refractivity (Wildman–Crippen MR) is 81.3 cm³/mol. The number of benzene rings is 1. The lowest BCUT2D eigenvalue weighted by Gasteiger charge is -2.10. The van der Waals surface area contributed by atoms with Crippen LogP contribution < -0.4 is 4.74 Å². The molecule has 0 radical (unpaired) electrons. The first kappa shape index (κ1) is 16.3. The number of alkyl halides is 3. The molecule has 1 aromatic carbocycles. The lowest BCUT2D eigenvalue weighted by atomic mass is 10.2. The van der Waals surface area contributed by atoms with Gasteiger partial charge in [0, 0.05) is 5.56 Å². The van der Waals surface area contributed by atoms with Gasteiger partial charge in [0.05, 0.1) is 9.26 Å². The average molecular weight is 429 g/mol. The van der Waals surface area contributed by atoms with Crippen LogP contribution in [0.2, 0.25) is 5.15 Å². The summed E-state index contributed by atoms with van der Waals surface area (Å²) in [6.07, 6.45) is -4.09. The smallest absolute Gasteiger partial charge is 0.406 e. The Morgan fingerprint density at radius 1 is 1.29 bits per heavy atom. The molecule has 0 saturated carbocycles. The Hall–Kier alpha value is -1.09. The van der Waals surface area contributed by atoms with Crippen LogP contribution in [0.25, 0.3) is 11.4 Å². The first-order valence-electron chi connectivity index (χ1n) is 5.88. The van der Waals surface area contributed by atoms with Crippen molar-refractivity contribution in [1.29, 1.82) is 0 Å². The van der Waals surface area contributed by atoms with E-state index in [0.717, 1.165) is 9.26 Å². The van der Waals surface area contributed by atoms with E-state index in [9.17, 15) is 13.2 Å². The molecule has 3 nitrogen and oxygen atoms in total. The standard InChI is InChI=1S/C13H9ClF3IN2O/c1-2-9-10(18)11(14)20-12(19-9)7-4-3-5-8(6-7)21-13(15,16)17/h3-6H,2H2,1H3. The number of aromatic nitrogens is 2. The van der Waals surface area contributed by atoms with Crippen molar-refractivity contribution < 1.29 is 17.9 Å². The molecular weight excluding hydrogens is 420 g/mol. The van der Waals surface area contributed by atoms with Crippen molar-refractivity contribution in [2.45, 2.75) is 19.7 Å². The Morgan fingerprint density at radius 3 is 2.62 bits per heavy atom. The number of rotatable bonds is 3. The van der Waals surface area contributed by atoms with Crippen molar-refractivity contribution in [3.63, 3.8) is 0 Å². The van der Waals surface area contributed by atoms with Gasteiger partial charge in [0.2, 0.25) is 0 Å². The average Bonchev–Trinajstić information content (AvgIpc) is 2.40. The van der Waals surface area contributed by atoms with Crippen molar-refractivity contribution in [2.75, 3.05) is 0 Å². The maximum atomic E-state index is 12.2. The van der Waals surface area contributed by atoms with Crippen LogP contribution in [0, 0.1) is 3.57 Å². The highest BCUT2D eigenvalue weighted by Crippen LogP contribution is 2.28. The molecule has 0 aliphatic rings. The molecule has 0 N–H and O–H groups in total. The molecular formula is C13H9ClF3IN2O. The molecule has 2 aromatic rings. The number of nitrogens with zero attached hydrogens (tertiary/aromatic N) is 2. The lowest BCUT2D eigenvalue weighted by Crippen LogP contribution is -2.17. The van der Waals surface area contributed by atoms with E-state index in [-0.39, 0.29) is 16.7 Å². The number of ether oxygens (including phenoxy) is 1. The van der Waals surface area contributed by atoms with Crippen molar-refractivity contribution in [2.24, 2.45) is 0 Å². The molecule has 0 atom stereocenters. The van der Waals surface area contributed by atoms with Gasteiger partial charge in [-0.25, -0.2) is 9.97 Å². The summed E-state index contributed by atoms with van der Waals surface area (Å²) < 4.78 is 41.3. The molecule has 0 fully saturated rings. The Bertz CT molecular complexity index is 664. The van der Waals surface area contributed by atoms with Crippen LogP contribution >= 0.6 is 34.2 Å². The molecule has 8 heteroatoms. The highest BCUT2D eigenvalue weighted by Gasteiger charge is 2.31. The minimum atomic E-state index is -4.74. The second-order valence-electron chi connectivity index (χ2n) is 4.03. The molecule has 0 saturated heterocycles. The monoisotopic (exact) mass is 428 g/mol. The fourth-order valence-electron chi connectivity index (χ4n) is 1.66. The van der Waals surface area contributed by atoms with Crippen LogP contribution in [0.3, 0.4) is 0 Å². The first-order chi connectivity index (χ1) is 9.80. The minimum Gasteiger partial charge on any atom is -0.406 e. The SMILES string of the molecule is CCc1nc(-c2cccc(OC(F)(F)F)c2)nc(Cl)c1I. The second-order valence-corrected chi connectivity index (χ2v) is 5.46. The van der Waals surface area contributed by atoms with Gasteiger partial charge in [0.1, 0.15) is 10.9 Å². The van der Waals surface area contributed by atoms with Gasteiger partial charge in [0.25, 0.3) is 0 Å². The molecule has 0 spiro atoms. The van der Waals surface area contributed by atoms with Crippen LogP contribution in [0.15, 0.2) is 24.3 Å². The molecule has 21 heavy (non-hydrogen) atoms. The Morgan fingerprint density at radius 2 is 2.00 bits per heavy atom. The van der Waals surface area contributed by atoms with Gasteiger partial charge in [-0.3, -0.25) is 0 Å². The summed E-state index contributed by atoms with van der Waals surface area (Å²) in [4.78, 5) is 8.42. The third-order valence-corrected chi connectivity index (χ3v) is 4.27. The molecule has 0 unspecified atom stereocenters. The van der Waals surface area contributed by atoms with Crippen LogP contribution in [0.4, 0.5) is 13.2 Å². The molecule has 1 aromatic heterocycles. The van der Waals surface area contributed by atoms with Crippen LogP contribution in [-0.2, 0) is 6.42 Å². The van der Waals surface area contributed by atoms with E-state index in [1.54, 1.807) is 6.07 Å². The molecule has 112 valence electrons. The van der Waals surface area contributed by atoms with Gasteiger partial charge in [-0.1, -0.05) is 30.7 Å². The molecule has 0 aliphatic heterocycles. The third-order valence-electron chi connectivity index (χ3n) is 2.54. The molecule has 0 aliphatic carbocycles. The summed E-state index contributed by atoms with van der Waals surface area (Å²) in [7, 11) is 0. The zero-order valence-corrected chi connectivity index (χ0v) is 13.6. The van der Waals surface area contributed by atoms with Crippen LogP contribution in [0.1, 0.15) is 12.6 Å². The van der Waals surface area contributed by atoms with E-state index < -0.39 is 6.36 Å². The zero-order valence-electron chi connectivity index (χ0n) is 10.7. The van der Waals surface area contributed by atoms with Gasteiger partial charge < -0.3 is 4.74 Å². The Kier molecular flexibility index (Phi) is 4.92. The Labute approximate surface area is 137 Å². The lowest BCUT2D eigenvalue weighted by molar-refractivity contribution is -0.274. The first-order valence-corrected chi connectivity index (χ1v) is 7.34. The topological polar surface area (TPSA) is 35.0 Å². The summed E-state index contributed by atoms with van der Waals surface area (Å²) in [5, 5.41) is 0.277. The van der Waals surface area contributed by atoms with E-state index in [2.05, 4.69) is 14.7 Å². The van der Waals surface area contributed by atoms with Crippen LogP contribution in [0.5, 0.6) is 5.75 Å². The maximum absolute atomic E-state index is 12.2. The largest absolute Gasteiger partial charge is 0.573 e. The Balaban J connectivity index is 2.43. The van der Waals surface area contributed by atoms with E-state index in [1.807, 2.05) is 29.5 Å². The van der Waals surface area contributed by atoms with E-state index in [0.29, 0.717) is 12.0 Å². The summed E-state index contributed by atoms with van der Waals surface area (Å²) in [6.45, 7) is 1.91. The van der Waals surface area contributed by atoms with Gasteiger partial charge in [0.15, 0.2) is 5.82 Å². The highest BCUT2D eigenvalue weighted by molar-refractivity contribution is 14.1. The zero-order chi connectivity index (χ0) is 15.6. The summed E-state index contributed by atoms with van der Waals surface area (Å²) in [5.74, 6) is -0.0544. The quantitative estimate of drug-likeness (QED) is 0.517. The summed E-state index contributed by atoms with van der Waals surface area (Å²) in [5.41, 5.74) is 1.15. The third kappa shape index (κ3) is 4.19. The van der Waals surface area contributed by atoms with Crippen molar-refractivity contribution in [1.82, 2.24) is 9.97 Å². The summed E-state index contributed by atoms with van der Waals surface area (Å²) in [6, 6.07) is 5.48. The van der Waals surface area contributed by atoms with E-state index in [1.165, 1.54) is 18.2 Å². The number of halogens is 5. The van der Waals surface area contributed by atoms with Gasteiger partial charge in [-0.15, -0.1) is 13.2 Å². The molecule has 0 amide bonds. The fourth-order valence-corrected chi connectivity index (χ4v) is 2.47. The maximum Gasteiger partial charge on any atom is 0.573 e. The number of aryl methyl sites for hydroxylation is 1. The van der Waals surface area contributed by atoms with E-state index >= 15 is 0 Å². The number of hydrogen-bond acceptors (Lipinski definition) is 3. The van der Waals surface area contributed by atoms with Gasteiger partial charge in [-0.2, -0.15) is 0 Å². The van der Waals surface area contributed by atoms with Crippen molar-refractivity contribution in [3.8, 4) is 17.1 Å². The van der Waals surface area contributed by atoms with Crippen molar-refractivity contribution >= 4 is 34.2 Å². The molecule has 1 heterocycles. The van der Waals surface area contributed by atoms with E-state index in [4.69, 9.17) is 11.6 Å². The predicted octanol–water partition coefficient (Wildman–Crippen LogP) is 4.86. The minimum absolute atomic E-state index is 0.268. The molecule has 0 bridgehead atoms. The second kappa shape index (κ2) is 6.35. The normalized spacial score (nSPS) is 11.5. The molecule has 2 rings (SSSR count).